The van der Waals surface area contributed by atoms with Crippen molar-refractivity contribution < 1.29 is 27.8 Å². The first-order valence-electron chi connectivity index (χ1n) is 5.89. The average molecular weight is 314 g/mol. The number of carbonyl (C=O) groups is 1. The summed E-state index contributed by atoms with van der Waals surface area (Å²) in [4.78, 5) is 10.7. The number of aliphatic hydroxyl groups is 1. The van der Waals surface area contributed by atoms with Crippen LogP contribution in [0.4, 0.5) is 4.39 Å². The zero-order valence-electron chi connectivity index (χ0n) is 10.6. The van der Waals surface area contributed by atoms with Gasteiger partial charge >= 0.3 is 5.97 Å². The van der Waals surface area contributed by atoms with Crippen LogP contribution in [-0.4, -0.2) is 47.6 Å². The minimum absolute atomic E-state index is 0.221. The highest BCUT2D eigenvalue weighted by atomic mass is 32.2. The Labute approximate surface area is 119 Å². The van der Waals surface area contributed by atoms with Gasteiger partial charge in [-0.1, -0.05) is 0 Å². The van der Waals surface area contributed by atoms with Crippen molar-refractivity contribution in [1.82, 2.24) is 4.31 Å². The number of nitrogens with zero attached hydrogens (tertiary/aromatic N) is 2. The lowest BCUT2D eigenvalue weighted by atomic mass is 10.2. The lowest BCUT2D eigenvalue weighted by Gasteiger charge is -2.20. The fourth-order valence-electron chi connectivity index (χ4n) is 2.16. The van der Waals surface area contributed by atoms with E-state index in [-0.39, 0.29) is 17.9 Å². The molecule has 2 N–H and O–H groups in total. The zero-order valence-corrected chi connectivity index (χ0v) is 11.4. The molecule has 0 spiro atoms. The van der Waals surface area contributed by atoms with Crippen LogP contribution >= 0.6 is 0 Å². The minimum Gasteiger partial charge on any atom is -0.480 e. The van der Waals surface area contributed by atoms with E-state index in [0.717, 1.165) is 18.2 Å². The molecule has 0 bridgehead atoms. The van der Waals surface area contributed by atoms with Gasteiger partial charge in [-0.2, -0.15) is 9.57 Å². The molecule has 1 heterocycles. The predicted octanol–water partition coefficient (Wildman–Crippen LogP) is -0.0941. The molecule has 0 aliphatic carbocycles. The highest BCUT2D eigenvalue weighted by molar-refractivity contribution is 7.89. The summed E-state index contributed by atoms with van der Waals surface area (Å²) in [6, 6.07) is 2.75. The fourth-order valence-corrected chi connectivity index (χ4v) is 3.82. The lowest BCUT2D eigenvalue weighted by molar-refractivity contribution is -0.140. The summed E-state index contributed by atoms with van der Waals surface area (Å²) < 4.78 is 38.7. The molecule has 0 unspecified atom stereocenters. The first-order valence-corrected chi connectivity index (χ1v) is 7.33. The molecule has 112 valence electrons. The van der Waals surface area contributed by atoms with Crippen LogP contribution in [0.3, 0.4) is 0 Å². The number of carboxylic acid groups (broad SMARTS) is 1. The Bertz CT molecular complexity index is 728. The molecule has 0 amide bonds. The number of sulfonamides is 1. The molecule has 1 aromatic rings. The second-order valence-corrected chi connectivity index (χ2v) is 6.46. The summed E-state index contributed by atoms with van der Waals surface area (Å²) in [7, 11) is -4.24. The van der Waals surface area contributed by atoms with Gasteiger partial charge in [0.15, 0.2) is 0 Å². The average Bonchev–Trinajstić information content (AvgIpc) is 2.82. The van der Waals surface area contributed by atoms with E-state index in [1.165, 1.54) is 6.07 Å². The number of aliphatic hydroxyl groups excluding tert-OH is 1. The maximum absolute atomic E-state index is 13.2. The monoisotopic (exact) mass is 314 g/mol. The summed E-state index contributed by atoms with van der Waals surface area (Å²) >= 11 is 0. The second-order valence-electron chi connectivity index (χ2n) is 4.57. The molecule has 0 aromatic heterocycles. The number of aliphatic carboxylic acids is 1. The Kier molecular flexibility index (Phi) is 3.95. The van der Waals surface area contributed by atoms with Crippen molar-refractivity contribution >= 4 is 16.0 Å². The van der Waals surface area contributed by atoms with Gasteiger partial charge in [0.1, 0.15) is 17.9 Å². The van der Waals surface area contributed by atoms with Crippen LogP contribution in [0.2, 0.25) is 0 Å². The highest BCUT2D eigenvalue weighted by Crippen LogP contribution is 2.27. The van der Waals surface area contributed by atoms with Crippen LogP contribution in [0.25, 0.3) is 0 Å². The number of β-amino-alcohol motifs (C(OH)–C–C–N with tert-alkyl or cyclic N) is 1. The van der Waals surface area contributed by atoms with Gasteiger partial charge in [0.05, 0.1) is 16.6 Å². The standard InChI is InChI=1S/C12H11FN2O5S/c13-10-2-1-9(3-7(10)5-14)21(19,20)15-6-8(16)4-11(15)12(17)18/h1-3,8,11,16H,4,6H2,(H,17,18)/t8-,11-/m0/s1. The van der Waals surface area contributed by atoms with Gasteiger partial charge in [0.25, 0.3) is 0 Å². The zero-order chi connectivity index (χ0) is 15.8. The Morgan fingerprint density at radius 2 is 2.14 bits per heavy atom. The molecule has 1 aromatic carbocycles. The van der Waals surface area contributed by atoms with Crippen molar-refractivity contribution in [1.29, 1.82) is 5.26 Å². The molecule has 1 aliphatic rings. The molecule has 0 saturated carbocycles. The third kappa shape index (κ3) is 2.73. The number of benzene rings is 1. The normalized spacial score (nSPS) is 22.9. The molecule has 9 heteroatoms. The van der Waals surface area contributed by atoms with Gasteiger partial charge in [-0.05, 0) is 18.2 Å². The molecule has 21 heavy (non-hydrogen) atoms. The molecule has 2 rings (SSSR count). The second kappa shape index (κ2) is 5.40. The van der Waals surface area contributed by atoms with Crippen LogP contribution in [-0.2, 0) is 14.8 Å². The predicted molar refractivity (Wildman–Crippen MR) is 67.1 cm³/mol. The number of hydrogen-bond donors (Lipinski definition) is 2. The van der Waals surface area contributed by atoms with Gasteiger partial charge in [0.2, 0.25) is 10.0 Å². The summed E-state index contributed by atoms with van der Waals surface area (Å²) in [5.41, 5.74) is -0.456. The number of rotatable bonds is 3. The van der Waals surface area contributed by atoms with Crippen molar-refractivity contribution in [3.05, 3.63) is 29.6 Å². The van der Waals surface area contributed by atoms with E-state index in [1.54, 1.807) is 0 Å². The molecule has 2 atom stereocenters. The maximum atomic E-state index is 13.2. The molecule has 1 aliphatic heterocycles. The minimum atomic E-state index is -4.24. The van der Waals surface area contributed by atoms with Gasteiger partial charge in [-0.3, -0.25) is 4.79 Å². The SMILES string of the molecule is N#Cc1cc(S(=O)(=O)N2C[C@@H](O)C[C@H]2C(=O)O)ccc1F. The lowest BCUT2D eigenvalue weighted by Crippen LogP contribution is -2.40. The molecular weight excluding hydrogens is 303 g/mol. The Hall–Kier alpha value is -2.02. The number of halogens is 1. The maximum Gasteiger partial charge on any atom is 0.322 e. The van der Waals surface area contributed by atoms with Crippen LogP contribution in [0.15, 0.2) is 23.1 Å². The van der Waals surface area contributed by atoms with Crippen LogP contribution in [0.1, 0.15) is 12.0 Å². The van der Waals surface area contributed by atoms with Gasteiger partial charge < -0.3 is 10.2 Å². The van der Waals surface area contributed by atoms with E-state index in [4.69, 9.17) is 10.4 Å². The van der Waals surface area contributed by atoms with Gasteiger partial charge in [-0.25, -0.2) is 12.8 Å². The summed E-state index contributed by atoms with van der Waals surface area (Å²) in [6.45, 7) is -0.363. The van der Waals surface area contributed by atoms with E-state index in [2.05, 4.69) is 0 Å². The van der Waals surface area contributed by atoms with Crippen molar-refractivity contribution in [3.8, 4) is 6.07 Å². The van der Waals surface area contributed by atoms with Crippen molar-refractivity contribution in [3.63, 3.8) is 0 Å². The third-order valence-electron chi connectivity index (χ3n) is 3.18. The van der Waals surface area contributed by atoms with E-state index >= 15 is 0 Å². The first-order chi connectivity index (χ1) is 9.77. The summed E-state index contributed by atoms with van der Waals surface area (Å²) in [5.74, 6) is -2.24. The van der Waals surface area contributed by atoms with E-state index in [9.17, 15) is 22.7 Å². The molecular formula is C12H11FN2O5S. The smallest absolute Gasteiger partial charge is 0.322 e. The number of carboxylic acids is 1. The third-order valence-corrected chi connectivity index (χ3v) is 5.05. The molecule has 7 nitrogen and oxygen atoms in total. The molecule has 0 radical (unpaired) electrons. The molecule has 1 fully saturated rings. The summed E-state index contributed by atoms with van der Waals surface area (Å²) in [5, 5.41) is 27.2. The van der Waals surface area contributed by atoms with E-state index < -0.39 is 39.5 Å². The first kappa shape index (κ1) is 15.4. The van der Waals surface area contributed by atoms with Gasteiger partial charge in [-0.15, -0.1) is 0 Å². The van der Waals surface area contributed by atoms with Crippen LogP contribution in [0, 0.1) is 17.1 Å². The van der Waals surface area contributed by atoms with Crippen molar-refractivity contribution in [2.45, 2.75) is 23.5 Å². The topological polar surface area (TPSA) is 119 Å². The van der Waals surface area contributed by atoms with Crippen molar-refractivity contribution in [2.24, 2.45) is 0 Å². The van der Waals surface area contributed by atoms with Crippen LogP contribution < -0.4 is 0 Å². The number of hydrogen-bond acceptors (Lipinski definition) is 5. The number of nitriles is 1. The summed E-state index contributed by atoms with van der Waals surface area (Å²) in [6.07, 6.45) is -1.31. The Balaban J connectivity index is 2.47. The van der Waals surface area contributed by atoms with Gasteiger partial charge in [0, 0.05) is 13.0 Å². The van der Waals surface area contributed by atoms with Crippen LogP contribution in [0.5, 0.6) is 0 Å². The molecule has 1 saturated heterocycles. The highest BCUT2D eigenvalue weighted by Gasteiger charge is 2.43. The van der Waals surface area contributed by atoms with E-state index in [0.29, 0.717) is 4.31 Å². The largest absolute Gasteiger partial charge is 0.480 e. The van der Waals surface area contributed by atoms with E-state index in [1.807, 2.05) is 0 Å². The quantitative estimate of drug-likeness (QED) is 0.804. The Morgan fingerprint density at radius 1 is 1.48 bits per heavy atom. The van der Waals surface area contributed by atoms with Crippen molar-refractivity contribution in [2.75, 3.05) is 6.54 Å². The Morgan fingerprint density at radius 3 is 2.71 bits per heavy atom. The fraction of sp³-hybridized carbons (Fsp3) is 0.333.